The predicted molar refractivity (Wildman–Crippen MR) is 125 cm³/mol. The third kappa shape index (κ3) is 7.45. The Morgan fingerprint density at radius 3 is 2.30 bits per heavy atom. The molecular weight excluding hydrogens is 371 g/mol. The zero-order valence-corrected chi connectivity index (χ0v) is 18.7. The first-order valence-electron chi connectivity index (χ1n) is 12.1. The molecule has 163 valence electrons. The highest BCUT2D eigenvalue weighted by Gasteiger charge is 2.13. The standard InChI is InChI=1S/C28H38FO/c1-2-3-4-5-6-10-21-30-28-20-19-26(22-27(28)29)25-17-15-24(16-18-25)14-13-23-11-8-7-9-12-23/h7,15-20,22-23H,2-6,8-14,21H2,1H3. The van der Waals surface area contributed by atoms with Crippen LogP contribution in [0.15, 0.2) is 42.5 Å². The molecule has 1 fully saturated rings. The van der Waals surface area contributed by atoms with Gasteiger partial charge in [-0.1, -0.05) is 82.2 Å². The van der Waals surface area contributed by atoms with Crippen LogP contribution in [0.2, 0.25) is 0 Å². The molecule has 1 aliphatic rings. The van der Waals surface area contributed by atoms with Crippen LogP contribution < -0.4 is 4.74 Å². The minimum Gasteiger partial charge on any atom is -0.491 e. The van der Waals surface area contributed by atoms with E-state index in [4.69, 9.17) is 4.74 Å². The second-order valence-electron chi connectivity index (χ2n) is 8.81. The molecule has 0 amide bonds. The number of unbranched alkanes of at least 4 members (excludes halogenated alkanes) is 5. The summed E-state index contributed by atoms with van der Waals surface area (Å²) in [5, 5.41) is 0. The van der Waals surface area contributed by atoms with Gasteiger partial charge >= 0.3 is 0 Å². The van der Waals surface area contributed by atoms with Gasteiger partial charge in [-0.15, -0.1) is 0 Å². The molecule has 0 unspecified atom stereocenters. The summed E-state index contributed by atoms with van der Waals surface area (Å²) in [5.41, 5.74) is 3.36. The van der Waals surface area contributed by atoms with E-state index in [-0.39, 0.29) is 5.82 Å². The van der Waals surface area contributed by atoms with Gasteiger partial charge in [0.15, 0.2) is 11.6 Å². The maximum absolute atomic E-state index is 14.5. The third-order valence-corrected chi connectivity index (χ3v) is 6.37. The quantitative estimate of drug-likeness (QED) is 0.319. The van der Waals surface area contributed by atoms with E-state index in [1.165, 1.54) is 63.4 Å². The molecule has 1 aliphatic carbocycles. The highest BCUT2D eigenvalue weighted by Crippen LogP contribution is 2.29. The molecule has 3 rings (SSSR count). The zero-order chi connectivity index (χ0) is 21.0. The van der Waals surface area contributed by atoms with Gasteiger partial charge in [0, 0.05) is 0 Å². The Kier molecular flexibility index (Phi) is 9.73. The van der Waals surface area contributed by atoms with Gasteiger partial charge in [0.1, 0.15) is 0 Å². The first kappa shape index (κ1) is 22.8. The number of ether oxygens (including phenoxy) is 1. The van der Waals surface area contributed by atoms with Gasteiger partial charge in [0.25, 0.3) is 0 Å². The molecule has 0 aromatic heterocycles. The van der Waals surface area contributed by atoms with Crippen molar-refractivity contribution < 1.29 is 9.13 Å². The van der Waals surface area contributed by atoms with E-state index in [0.29, 0.717) is 12.4 Å². The van der Waals surface area contributed by atoms with Crippen molar-refractivity contribution in [1.29, 1.82) is 0 Å². The molecule has 1 radical (unpaired) electrons. The van der Waals surface area contributed by atoms with Crippen LogP contribution in [0.4, 0.5) is 4.39 Å². The number of hydrogen-bond donors (Lipinski definition) is 0. The molecule has 0 atom stereocenters. The highest BCUT2D eigenvalue weighted by atomic mass is 19.1. The van der Waals surface area contributed by atoms with Gasteiger partial charge in [0.05, 0.1) is 6.61 Å². The molecule has 1 saturated carbocycles. The van der Waals surface area contributed by atoms with Crippen molar-refractivity contribution in [3.63, 3.8) is 0 Å². The Balaban J connectivity index is 1.45. The van der Waals surface area contributed by atoms with Crippen LogP contribution in [-0.2, 0) is 6.42 Å². The highest BCUT2D eigenvalue weighted by molar-refractivity contribution is 5.64. The Labute approximate surface area is 183 Å². The van der Waals surface area contributed by atoms with Crippen molar-refractivity contribution in [2.24, 2.45) is 5.92 Å². The second kappa shape index (κ2) is 12.8. The lowest BCUT2D eigenvalue weighted by atomic mass is 9.85. The largest absolute Gasteiger partial charge is 0.491 e. The Bertz CT molecular complexity index is 731. The van der Waals surface area contributed by atoms with Gasteiger partial charge in [-0.2, -0.15) is 0 Å². The number of rotatable bonds is 12. The van der Waals surface area contributed by atoms with E-state index >= 15 is 0 Å². The van der Waals surface area contributed by atoms with Gasteiger partial charge in [-0.05, 0) is 73.3 Å². The number of halogens is 1. The van der Waals surface area contributed by atoms with Crippen molar-refractivity contribution in [1.82, 2.24) is 0 Å². The Hall–Kier alpha value is -1.83. The van der Waals surface area contributed by atoms with Crippen molar-refractivity contribution in [3.05, 3.63) is 60.3 Å². The normalized spacial score (nSPS) is 14.7. The van der Waals surface area contributed by atoms with Crippen LogP contribution in [0.25, 0.3) is 11.1 Å². The van der Waals surface area contributed by atoms with Gasteiger partial charge in [-0.25, -0.2) is 4.39 Å². The molecule has 1 nitrogen and oxygen atoms in total. The van der Waals surface area contributed by atoms with Crippen molar-refractivity contribution in [2.75, 3.05) is 6.61 Å². The number of hydrogen-bond acceptors (Lipinski definition) is 1. The molecule has 2 aromatic carbocycles. The predicted octanol–water partition coefficient (Wildman–Crippen LogP) is 8.56. The molecule has 2 heteroatoms. The van der Waals surface area contributed by atoms with Gasteiger partial charge < -0.3 is 4.74 Å². The molecular formula is C28H38FO. The fraction of sp³-hybridized carbons (Fsp3) is 0.536. The van der Waals surface area contributed by atoms with E-state index in [0.717, 1.165) is 36.3 Å². The van der Waals surface area contributed by atoms with E-state index in [9.17, 15) is 4.39 Å². The third-order valence-electron chi connectivity index (χ3n) is 6.37. The minimum atomic E-state index is -0.267. The van der Waals surface area contributed by atoms with Crippen molar-refractivity contribution in [3.8, 4) is 16.9 Å². The van der Waals surface area contributed by atoms with Crippen LogP contribution in [0, 0.1) is 18.2 Å². The zero-order valence-electron chi connectivity index (χ0n) is 18.7. The summed E-state index contributed by atoms with van der Waals surface area (Å²) in [6.07, 6.45) is 17.4. The van der Waals surface area contributed by atoms with E-state index in [1.807, 2.05) is 6.07 Å². The second-order valence-corrected chi connectivity index (χ2v) is 8.81. The number of aryl methyl sites for hydroxylation is 1. The summed E-state index contributed by atoms with van der Waals surface area (Å²) in [6.45, 7) is 2.82. The fourth-order valence-corrected chi connectivity index (χ4v) is 4.38. The lowest BCUT2D eigenvalue weighted by molar-refractivity contribution is 0.290. The average molecular weight is 410 g/mol. The first-order valence-corrected chi connectivity index (χ1v) is 12.1. The SMILES string of the molecule is CCCCCCCCOc1ccc(-c2ccc(CCC3CC[CH]CC3)cc2)cc1F. The summed E-state index contributed by atoms with van der Waals surface area (Å²) in [5.74, 6) is 0.984. The van der Waals surface area contributed by atoms with Crippen molar-refractivity contribution in [2.45, 2.75) is 84.0 Å². The van der Waals surface area contributed by atoms with Gasteiger partial charge in [0.2, 0.25) is 0 Å². The molecule has 0 heterocycles. The molecule has 2 aromatic rings. The molecule has 30 heavy (non-hydrogen) atoms. The van der Waals surface area contributed by atoms with E-state index < -0.39 is 0 Å². The lowest BCUT2D eigenvalue weighted by Crippen LogP contribution is -2.07. The number of benzene rings is 2. The van der Waals surface area contributed by atoms with Crippen LogP contribution in [0.1, 0.15) is 83.1 Å². The monoisotopic (exact) mass is 409 g/mol. The summed E-state index contributed by atoms with van der Waals surface area (Å²) in [6, 6.07) is 14.0. The van der Waals surface area contributed by atoms with Crippen LogP contribution in [0.5, 0.6) is 5.75 Å². The Morgan fingerprint density at radius 1 is 0.867 bits per heavy atom. The maximum Gasteiger partial charge on any atom is 0.165 e. The van der Waals surface area contributed by atoms with E-state index in [1.54, 1.807) is 12.1 Å². The fourth-order valence-electron chi connectivity index (χ4n) is 4.38. The van der Waals surface area contributed by atoms with Gasteiger partial charge in [-0.3, -0.25) is 0 Å². The average Bonchev–Trinajstić information content (AvgIpc) is 2.79. The molecule has 0 bridgehead atoms. The Morgan fingerprint density at radius 2 is 1.57 bits per heavy atom. The summed E-state index contributed by atoms with van der Waals surface area (Å²) >= 11 is 0. The topological polar surface area (TPSA) is 9.23 Å². The van der Waals surface area contributed by atoms with Crippen LogP contribution >= 0.6 is 0 Å². The van der Waals surface area contributed by atoms with E-state index in [2.05, 4.69) is 37.6 Å². The molecule has 0 spiro atoms. The summed E-state index contributed by atoms with van der Waals surface area (Å²) in [4.78, 5) is 0. The van der Waals surface area contributed by atoms with Crippen LogP contribution in [-0.4, -0.2) is 6.61 Å². The summed E-state index contributed by atoms with van der Waals surface area (Å²) in [7, 11) is 0. The first-order chi connectivity index (χ1) is 14.8. The maximum atomic E-state index is 14.5. The summed E-state index contributed by atoms with van der Waals surface area (Å²) < 4.78 is 20.2. The lowest BCUT2D eigenvalue weighted by Gasteiger charge is -2.21. The van der Waals surface area contributed by atoms with Crippen LogP contribution in [0.3, 0.4) is 0 Å². The minimum absolute atomic E-state index is 0.267. The molecule has 0 saturated heterocycles. The molecule has 0 aliphatic heterocycles. The smallest absolute Gasteiger partial charge is 0.165 e. The molecule has 0 N–H and O–H groups in total. The van der Waals surface area contributed by atoms with Crippen molar-refractivity contribution >= 4 is 0 Å².